The quantitative estimate of drug-likeness (QED) is 0.649. The van der Waals surface area contributed by atoms with Gasteiger partial charge in [-0.1, -0.05) is 12.1 Å². The molecular formula is C19H20N4O4S. The fourth-order valence-electron chi connectivity index (χ4n) is 3.29. The average Bonchev–Trinajstić information content (AvgIpc) is 3.28. The van der Waals surface area contributed by atoms with Crippen molar-refractivity contribution in [3.63, 3.8) is 0 Å². The van der Waals surface area contributed by atoms with E-state index >= 15 is 0 Å². The Morgan fingerprint density at radius 1 is 1.00 bits per heavy atom. The molecule has 0 amide bonds. The average molecular weight is 400 g/mol. The summed E-state index contributed by atoms with van der Waals surface area (Å²) in [6, 6.07) is 7.45. The summed E-state index contributed by atoms with van der Waals surface area (Å²) < 4.78 is 37.4. The zero-order chi connectivity index (χ0) is 19.7. The largest absolute Gasteiger partial charge is 0.480 e. The van der Waals surface area contributed by atoms with Crippen molar-refractivity contribution in [3.8, 4) is 23.0 Å². The van der Waals surface area contributed by atoms with Gasteiger partial charge in [-0.2, -0.15) is 9.29 Å². The molecule has 0 atom stereocenters. The predicted octanol–water partition coefficient (Wildman–Crippen LogP) is 2.49. The van der Waals surface area contributed by atoms with E-state index < -0.39 is 10.0 Å². The summed E-state index contributed by atoms with van der Waals surface area (Å²) in [6.07, 6.45) is 4.84. The Morgan fingerprint density at radius 2 is 1.79 bits per heavy atom. The highest BCUT2D eigenvalue weighted by Gasteiger charge is 2.27. The van der Waals surface area contributed by atoms with Gasteiger partial charge in [0.05, 0.1) is 25.3 Å². The molecule has 1 aromatic carbocycles. The molecule has 0 radical (unpaired) electrons. The standard InChI is InChI=1S/C19H20N4O4S/c1-26-18-16(12-21-19(22-18)27-2)13-5-6-14-9-15(11-20-17(14)10-13)28(24,25)23-7-3-4-8-23/h5-6,9-12H,3-4,7-8H2,1-2H3. The summed E-state index contributed by atoms with van der Waals surface area (Å²) in [5, 5.41) is 0.748. The van der Waals surface area contributed by atoms with Crippen molar-refractivity contribution in [2.45, 2.75) is 17.7 Å². The molecule has 1 aliphatic rings. The van der Waals surface area contributed by atoms with Crippen molar-refractivity contribution >= 4 is 20.9 Å². The van der Waals surface area contributed by atoms with E-state index in [0.717, 1.165) is 23.8 Å². The van der Waals surface area contributed by atoms with E-state index in [0.29, 0.717) is 30.0 Å². The molecule has 1 saturated heterocycles. The number of pyridine rings is 1. The van der Waals surface area contributed by atoms with Crippen LogP contribution in [0, 0.1) is 0 Å². The van der Waals surface area contributed by atoms with Crippen LogP contribution in [-0.2, 0) is 10.0 Å². The van der Waals surface area contributed by atoms with E-state index in [-0.39, 0.29) is 10.9 Å². The first-order chi connectivity index (χ1) is 13.5. The summed E-state index contributed by atoms with van der Waals surface area (Å²) in [4.78, 5) is 12.9. The molecule has 0 aliphatic carbocycles. The lowest BCUT2D eigenvalue weighted by molar-refractivity contribution is 0.353. The van der Waals surface area contributed by atoms with Crippen LogP contribution in [0.1, 0.15) is 12.8 Å². The van der Waals surface area contributed by atoms with Gasteiger partial charge in [0.1, 0.15) is 4.90 Å². The third-order valence-electron chi connectivity index (χ3n) is 4.78. The molecule has 0 N–H and O–H groups in total. The van der Waals surface area contributed by atoms with Gasteiger partial charge in [-0.3, -0.25) is 4.98 Å². The monoisotopic (exact) mass is 400 g/mol. The molecule has 0 unspecified atom stereocenters. The van der Waals surface area contributed by atoms with Crippen LogP contribution < -0.4 is 9.47 Å². The van der Waals surface area contributed by atoms with Gasteiger partial charge in [0.2, 0.25) is 15.9 Å². The van der Waals surface area contributed by atoms with Gasteiger partial charge in [0.25, 0.3) is 0 Å². The second kappa shape index (κ2) is 7.33. The van der Waals surface area contributed by atoms with Crippen LogP contribution >= 0.6 is 0 Å². The van der Waals surface area contributed by atoms with E-state index in [1.165, 1.54) is 24.7 Å². The minimum absolute atomic E-state index is 0.219. The highest BCUT2D eigenvalue weighted by Crippen LogP contribution is 2.31. The highest BCUT2D eigenvalue weighted by molar-refractivity contribution is 7.89. The molecule has 0 bridgehead atoms. The molecule has 9 heteroatoms. The molecule has 3 heterocycles. The van der Waals surface area contributed by atoms with Gasteiger partial charge in [-0.15, -0.1) is 0 Å². The normalized spacial score (nSPS) is 15.1. The Hall–Kier alpha value is -2.78. The number of sulfonamides is 1. The lowest BCUT2D eigenvalue weighted by Gasteiger charge is -2.15. The van der Waals surface area contributed by atoms with E-state index in [2.05, 4.69) is 15.0 Å². The fraction of sp³-hybridized carbons (Fsp3) is 0.316. The summed E-state index contributed by atoms with van der Waals surface area (Å²) in [5.74, 6) is 0.388. The highest BCUT2D eigenvalue weighted by atomic mass is 32.2. The summed E-state index contributed by atoms with van der Waals surface area (Å²) in [5.41, 5.74) is 2.19. The molecule has 3 aromatic rings. The Bertz CT molecular complexity index is 1130. The molecule has 146 valence electrons. The zero-order valence-electron chi connectivity index (χ0n) is 15.6. The zero-order valence-corrected chi connectivity index (χ0v) is 16.4. The SMILES string of the molecule is COc1ncc(-c2ccc3cc(S(=O)(=O)N4CCCC4)cnc3c2)c(OC)n1. The predicted molar refractivity (Wildman–Crippen MR) is 104 cm³/mol. The summed E-state index contributed by atoms with van der Waals surface area (Å²) in [7, 11) is -0.478. The second-order valence-corrected chi connectivity index (χ2v) is 8.41. The number of hydrogen-bond acceptors (Lipinski definition) is 7. The van der Waals surface area contributed by atoms with Crippen LogP contribution in [0.3, 0.4) is 0 Å². The minimum Gasteiger partial charge on any atom is -0.480 e. The maximum Gasteiger partial charge on any atom is 0.319 e. The number of ether oxygens (including phenoxy) is 2. The van der Waals surface area contributed by atoms with E-state index in [1.54, 1.807) is 12.3 Å². The van der Waals surface area contributed by atoms with Crippen molar-refractivity contribution in [2.75, 3.05) is 27.3 Å². The first-order valence-electron chi connectivity index (χ1n) is 8.88. The first-order valence-corrected chi connectivity index (χ1v) is 10.3. The summed E-state index contributed by atoms with van der Waals surface area (Å²) >= 11 is 0. The third kappa shape index (κ3) is 3.27. The smallest absolute Gasteiger partial charge is 0.319 e. The maximum atomic E-state index is 12.8. The lowest BCUT2D eigenvalue weighted by Crippen LogP contribution is -2.27. The van der Waals surface area contributed by atoms with Gasteiger partial charge in [0.15, 0.2) is 0 Å². The number of methoxy groups -OCH3 is 2. The minimum atomic E-state index is -3.49. The molecule has 28 heavy (non-hydrogen) atoms. The maximum absolute atomic E-state index is 12.8. The van der Waals surface area contributed by atoms with E-state index in [4.69, 9.17) is 9.47 Å². The van der Waals surface area contributed by atoms with Gasteiger partial charge >= 0.3 is 6.01 Å². The topological polar surface area (TPSA) is 94.5 Å². The second-order valence-electron chi connectivity index (χ2n) is 6.47. The molecule has 2 aromatic heterocycles. The fourth-order valence-corrected chi connectivity index (χ4v) is 4.79. The molecule has 8 nitrogen and oxygen atoms in total. The number of hydrogen-bond donors (Lipinski definition) is 0. The van der Waals surface area contributed by atoms with Crippen LogP contribution in [0.15, 0.2) is 41.6 Å². The molecular weight excluding hydrogens is 380 g/mol. The molecule has 1 fully saturated rings. The van der Waals surface area contributed by atoms with Crippen molar-refractivity contribution in [2.24, 2.45) is 0 Å². The van der Waals surface area contributed by atoms with Gasteiger partial charge in [-0.05, 0) is 30.5 Å². The van der Waals surface area contributed by atoms with Crippen LogP contribution in [0.25, 0.3) is 22.0 Å². The molecule has 1 aliphatic heterocycles. The van der Waals surface area contributed by atoms with E-state index in [1.807, 2.05) is 18.2 Å². The number of benzene rings is 1. The Balaban J connectivity index is 1.73. The van der Waals surface area contributed by atoms with Crippen molar-refractivity contribution in [3.05, 3.63) is 36.7 Å². The van der Waals surface area contributed by atoms with Gasteiger partial charge in [-0.25, -0.2) is 13.4 Å². The van der Waals surface area contributed by atoms with Crippen LogP contribution in [-0.4, -0.2) is 55.0 Å². The Labute approximate surface area is 163 Å². The van der Waals surface area contributed by atoms with Gasteiger partial charge < -0.3 is 9.47 Å². The number of fused-ring (bicyclic) bond motifs is 1. The molecule has 4 rings (SSSR count). The van der Waals surface area contributed by atoms with E-state index in [9.17, 15) is 8.42 Å². The van der Waals surface area contributed by atoms with Crippen molar-refractivity contribution in [1.29, 1.82) is 0 Å². The van der Waals surface area contributed by atoms with Gasteiger partial charge in [0, 0.05) is 30.9 Å². The number of nitrogens with zero attached hydrogens (tertiary/aromatic N) is 4. The summed E-state index contributed by atoms with van der Waals surface area (Å²) in [6.45, 7) is 1.13. The first kappa shape index (κ1) is 18.6. The Morgan fingerprint density at radius 3 is 2.50 bits per heavy atom. The Kier molecular flexibility index (Phi) is 4.86. The van der Waals surface area contributed by atoms with Crippen LogP contribution in [0.4, 0.5) is 0 Å². The number of aromatic nitrogens is 3. The lowest BCUT2D eigenvalue weighted by atomic mass is 10.1. The third-order valence-corrected chi connectivity index (χ3v) is 6.64. The van der Waals surface area contributed by atoms with Crippen LogP contribution in [0.2, 0.25) is 0 Å². The molecule has 0 spiro atoms. The van der Waals surface area contributed by atoms with Crippen molar-refractivity contribution < 1.29 is 17.9 Å². The van der Waals surface area contributed by atoms with Crippen LogP contribution in [0.5, 0.6) is 11.9 Å². The van der Waals surface area contributed by atoms with Crippen molar-refractivity contribution in [1.82, 2.24) is 19.3 Å². The molecule has 0 saturated carbocycles. The number of rotatable bonds is 5.